The van der Waals surface area contributed by atoms with Gasteiger partial charge in [0.2, 0.25) is 0 Å². The zero-order valence-corrected chi connectivity index (χ0v) is 22.3. The molecule has 1 saturated heterocycles. The maximum absolute atomic E-state index is 13.6. The van der Waals surface area contributed by atoms with Gasteiger partial charge in [-0.3, -0.25) is 9.52 Å². The van der Waals surface area contributed by atoms with Crippen LogP contribution < -0.4 is 10.0 Å². The maximum atomic E-state index is 13.6. The number of nitrogens with one attached hydrogen (secondary N) is 2. The van der Waals surface area contributed by atoms with E-state index in [9.17, 15) is 13.2 Å². The lowest BCUT2D eigenvalue weighted by Gasteiger charge is -2.41. The molecule has 5 rings (SSSR count). The first-order valence-electron chi connectivity index (χ1n) is 12.1. The van der Waals surface area contributed by atoms with Crippen molar-refractivity contribution in [1.29, 1.82) is 0 Å². The summed E-state index contributed by atoms with van der Waals surface area (Å²) in [5.74, 6) is 0.745. The van der Waals surface area contributed by atoms with E-state index in [1.165, 1.54) is 0 Å². The number of benzene rings is 3. The molecule has 0 spiro atoms. The van der Waals surface area contributed by atoms with Gasteiger partial charge in [0.1, 0.15) is 0 Å². The Labute approximate surface area is 221 Å². The predicted octanol–water partition coefficient (Wildman–Crippen LogP) is 5.56. The molecule has 1 atom stereocenters. The van der Waals surface area contributed by atoms with Gasteiger partial charge in [-0.25, -0.2) is 13.4 Å². The zero-order valence-electron chi connectivity index (χ0n) is 20.6. The first kappa shape index (κ1) is 25.1. The fourth-order valence-corrected chi connectivity index (χ4v) is 6.60. The number of anilines is 2. The van der Waals surface area contributed by atoms with Crippen molar-refractivity contribution in [2.45, 2.75) is 31.2 Å². The lowest BCUT2D eigenvalue weighted by molar-refractivity contribution is -0.113. The number of sulfonamides is 1. The number of hydrogen-bond donors (Lipinski definition) is 2. The third-order valence-corrected chi connectivity index (χ3v) is 8.79. The Balaban J connectivity index is 1.51. The molecule has 2 aliphatic rings. The molecule has 0 aliphatic carbocycles. The number of rotatable bonds is 6. The van der Waals surface area contributed by atoms with Crippen LogP contribution in [-0.2, 0) is 14.8 Å². The molecular formula is C28H28N4O3S2. The monoisotopic (exact) mass is 532 g/mol. The van der Waals surface area contributed by atoms with Crippen LogP contribution in [0.5, 0.6) is 0 Å². The van der Waals surface area contributed by atoms with E-state index >= 15 is 0 Å². The molecular weight excluding hydrogens is 504 g/mol. The van der Waals surface area contributed by atoms with Gasteiger partial charge in [-0.1, -0.05) is 59.8 Å². The largest absolute Gasteiger partial charge is 0.340 e. The predicted molar refractivity (Wildman–Crippen MR) is 150 cm³/mol. The number of aliphatic imine (C=N–C) groups is 1. The highest BCUT2D eigenvalue weighted by atomic mass is 32.2. The minimum absolute atomic E-state index is 0.196. The number of nitrogens with zero attached hydrogens (tertiary/aromatic N) is 2. The molecule has 2 heterocycles. The van der Waals surface area contributed by atoms with Gasteiger partial charge in [0.15, 0.2) is 5.17 Å². The summed E-state index contributed by atoms with van der Waals surface area (Å²) in [7, 11) is -3.76. The molecule has 0 saturated carbocycles. The molecule has 190 valence electrons. The highest BCUT2D eigenvalue weighted by Crippen LogP contribution is 2.40. The number of aryl methyl sites for hydroxylation is 1. The number of para-hydroxylation sites is 1. The average molecular weight is 533 g/mol. The van der Waals surface area contributed by atoms with E-state index in [0.29, 0.717) is 22.6 Å². The van der Waals surface area contributed by atoms with Crippen molar-refractivity contribution in [1.82, 2.24) is 4.90 Å². The van der Waals surface area contributed by atoms with Crippen LogP contribution in [0.15, 0.2) is 100 Å². The van der Waals surface area contributed by atoms with E-state index < -0.39 is 16.1 Å². The molecule has 0 bridgehead atoms. The van der Waals surface area contributed by atoms with Crippen molar-refractivity contribution in [3.63, 3.8) is 0 Å². The molecule has 9 heteroatoms. The van der Waals surface area contributed by atoms with E-state index in [-0.39, 0.29) is 10.8 Å². The summed E-state index contributed by atoms with van der Waals surface area (Å²) < 4.78 is 28.8. The first-order chi connectivity index (χ1) is 17.8. The number of amidine groups is 1. The van der Waals surface area contributed by atoms with Crippen LogP contribution in [0.4, 0.5) is 11.4 Å². The third-order valence-electron chi connectivity index (χ3n) is 6.32. The van der Waals surface area contributed by atoms with Crippen LogP contribution >= 0.6 is 11.8 Å². The third kappa shape index (κ3) is 5.42. The summed E-state index contributed by atoms with van der Waals surface area (Å²) in [4.78, 5) is 20.7. The second-order valence-corrected chi connectivity index (χ2v) is 11.8. The summed E-state index contributed by atoms with van der Waals surface area (Å²) in [6.07, 6.45) is 0.965. The van der Waals surface area contributed by atoms with Gasteiger partial charge in [0, 0.05) is 23.7 Å². The molecule has 7 nitrogen and oxygen atoms in total. The average Bonchev–Trinajstić information content (AvgIpc) is 2.88. The number of carbonyl (C=O) groups is 1. The number of carbonyl (C=O) groups excluding carboxylic acids is 1. The molecule has 0 radical (unpaired) electrons. The highest BCUT2D eigenvalue weighted by Gasteiger charge is 2.37. The normalized spacial score (nSPS) is 17.6. The smallest absolute Gasteiger partial charge is 0.261 e. The van der Waals surface area contributed by atoms with E-state index in [1.54, 1.807) is 42.1 Å². The van der Waals surface area contributed by atoms with E-state index in [4.69, 9.17) is 4.99 Å². The summed E-state index contributed by atoms with van der Waals surface area (Å²) in [6, 6.07) is 22.9. The Morgan fingerprint density at radius 2 is 1.70 bits per heavy atom. The van der Waals surface area contributed by atoms with Crippen molar-refractivity contribution >= 4 is 44.2 Å². The van der Waals surface area contributed by atoms with Crippen LogP contribution in [0.3, 0.4) is 0 Å². The first-order valence-corrected chi connectivity index (χ1v) is 14.5. The lowest BCUT2D eigenvalue weighted by atomic mass is 9.93. The Bertz CT molecular complexity index is 1480. The summed E-state index contributed by atoms with van der Waals surface area (Å²) in [5, 5.41) is 3.89. The molecule has 1 amide bonds. The van der Waals surface area contributed by atoms with Crippen LogP contribution in [0.1, 0.15) is 30.5 Å². The number of amides is 1. The van der Waals surface area contributed by atoms with E-state index in [2.05, 4.69) is 14.9 Å². The lowest BCUT2D eigenvalue weighted by Crippen LogP contribution is -2.43. The Morgan fingerprint density at radius 3 is 2.46 bits per heavy atom. The van der Waals surface area contributed by atoms with Crippen molar-refractivity contribution in [2.75, 3.05) is 22.3 Å². The minimum Gasteiger partial charge on any atom is -0.340 e. The van der Waals surface area contributed by atoms with Gasteiger partial charge in [0.25, 0.3) is 15.9 Å². The molecule has 3 aromatic carbocycles. The molecule has 1 fully saturated rings. The second-order valence-electron chi connectivity index (χ2n) is 9.06. The number of thioether (sulfide) groups is 1. The molecule has 0 aromatic heterocycles. The fourth-order valence-electron chi connectivity index (χ4n) is 4.53. The minimum atomic E-state index is -3.76. The van der Waals surface area contributed by atoms with Gasteiger partial charge in [-0.05, 0) is 62.2 Å². The van der Waals surface area contributed by atoms with Crippen molar-refractivity contribution in [3.8, 4) is 0 Å². The highest BCUT2D eigenvalue weighted by molar-refractivity contribution is 8.13. The van der Waals surface area contributed by atoms with Gasteiger partial charge in [0.05, 0.1) is 22.2 Å². The van der Waals surface area contributed by atoms with Gasteiger partial charge >= 0.3 is 0 Å². The molecule has 2 N–H and O–H groups in total. The van der Waals surface area contributed by atoms with Gasteiger partial charge < -0.3 is 10.2 Å². The topological polar surface area (TPSA) is 90.9 Å². The molecule has 3 aromatic rings. The second kappa shape index (κ2) is 10.4. The summed E-state index contributed by atoms with van der Waals surface area (Å²) in [5.41, 5.74) is 4.15. The van der Waals surface area contributed by atoms with Crippen molar-refractivity contribution in [3.05, 3.63) is 101 Å². The zero-order chi connectivity index (χ0) is 26.0. The molecule has 1 unspecified atom stereocenters. The standard InChI is InChI=1S/C28H28N4O3S2/c1-19-12-14-24(15-13-19)37(34,35)31-23-11-6-8-21(18-23)26-25(27(33)30-22-9-4-3-5-10-22)20(2)29-28-32(26)16-7-17-36-28/h3-6,8-15,18,26,31H,7,16-17H2,1-2H3,(H,30,33). The van der Waals surface area contributed by atoms with E-state index in [0.717, 1.165) is 35.0 Å². The SMILES string of the molecule is CC1=C(C(=O)Nc2ccccc2)C(c2cccc(NS(=O)(=O)c3ccc(C)cc3)c2)N2CCCSC2=N1. The Hall–Kier alpha value is -3.56. The summed E-state index contributed by atoms with van der Waals surface area (Å²) in [6.45, 7) is 4.52. The fraction of sp³-hybridized carbons (Fsp3) is 0.214. The molecule has 37 heavy (non-hydrogen) atoms. The van der Waals surface area contributed by atoms with E-state index in [1.807, 2.05) is 62.4 Å². The van der Waals surface area contributed by atoms with Crippen LogP contribution in [0, 0.1) is 6.92 Å². The van der Waals surface area contributed by atoms with Crippen molar-refractivity contribution < 1.29 is 13.2 Å². The summed E-state index contributed by atoms with van der Waals surface area (Å²) >= 11 is 1.68. The number of hydrogen-bond acceptors (Lipinski definition) is 6. The molecule has 2 aliphatic heterocycles. The quantitative estimate of drug-likeness (QED) is 0.434. The maximum Gasteiger partial charge on any atom is 0.261 e. The Morgan fingerprint density at radius 1 is 0.973 bits per heavy atom. The Kier molecular flexibility index (Phi) is 7.08. The number of allylic oxidation sites excluding steroid dienone is 1. The van der Waals surface area contributed by atoms with Gasteiger partial charge in [-0.15, -0.1) is 0 Å². The van der Waals surface area contributed by atoms with Crippen LogP contribution in [0.25, 0.3) is 0 Å². The number of fused-ring (bicyclic) bond motifs is 1. The van der Waals surface area contributed by atoms with Crippen LogP contribution in [-0.4, -0.2) is 36.7 Å². The van der Waals surface area contributed by atoms with Crippen LogP contribution in [0.2, 0.25) is 0 Å². The van der Waals surface area contributed by atoms with Gasteiger partial charge in [-0.2, -0.15) is 0 Å². The van der Waals surface area contributed by atoms with Crippen molar-refractivity contribution in [2.24, 2.45) is 4.99 Å².